The van der Waals surface area contributed by atoms with E-state index in [1.807, 2.05) is 0 Å². The van der Waals surface area contributed by atoms with Gasteiger partial charge in [0.05, 0.1) is 5.52 Å². The maximum absolute atomic E-state index is 12.1. The molecule has 3 rings (SSSR count). The summed E-state index contributed by atoms with van der Waals surface area (Å²) in [7, 11) is 0. The molecule has 1 aliphatic carbocycles. The van der Waals surface area contributed by atoms with Gasteiger partial charge in [-0.2, -0.15) is 0 Å². The highest BCUT2D eigenvalue weighted by atomic mass is 16.6. The Morgan fingerprint density at radius 3 is 2.89 bits per heavy atom. The Kier molecular flexibility index (Phi) is 2.46. The highest BCUT2D eigenvalue weighted by Gasteiger charge is 2.39. The van der Waals surface area contributed by atoms with Gasteiger partial charge in [0.2, 0.25) is 0 Å². The molecule has 5 heteroatoms. The summed E-state index contributed by atoms with van der Waals surface area (Å²) in [5, 5.41) is 0. The molecule has 0 saturated heterocycles. The van der Waals surface area contributed by atoms with Crippen molar-refractivity contribution >= 4 is 17.1 Å². The number of para-hydroxylation sites is 1. The molecule has 2 aromatic rings. The molecule has 0 radical (unpaired) electrons. The van der Waals surface area contributed by atoms with Gasteiger partial charge in [0.25, 0.3) is 0 Å². The van der Waals surface area contributed by atoms with E-state index in [-0.39, 0.29) is 11.1 Å². The number of ether oxygens (including phenoxy) is 1. The topological polar surface area (TPSA) is 72.3 Å². The van der Waals surface area contributed by atoms with Crippen LogP contribution in [0.5, 0.6) is 0 Å². The average Bonchev–Trinajstić information content (AvgIpc) is 2.73. The summed E-state index contributed by atoms with van der Waals surface area (Å²) in [4.78, 5) is 25.8. The summed E-state index contributed by atoms with van der Waals surface area (Å²) >= 11 is 0. The molecule has 1 heterocycles. The van der Waals surface area contributed by atoms with E-state index >= 15 is 0 Å². The van der Waals surface area contributed by atoms with Gasteiger partial charge in [-0.05, 0) is 31.4 Å². The van der Waals surface area contributed by atoms with E-state index in [0.717, 1.165) is 6.42 Å². The van der Waals surface area contributed by atoms with Gasteiger partial charge in [0.15, 0.2) is 11.2 Å². The van der Waals surface area contributed by atoms with E-state index in [1.54, 1.807) is 18.2 Å². The first-order valence-corrected chi connectivity index (χ1v) is 5.96. The minimum Gasteiger partial charge on any atom is -0.442 e. The number of aromatic nitrogens is 1. The monoisotopic (exact) mass is 257 g/mol. The number of hydrogen-bond donors (Lipinski definition) is 1. The van der Waals surface area contributed by atoms with Gasteiger partial charge in [0, 0.05) is 0 Å². The molecule has 0 unspecified atom stereocenters. The predicted molar refractivity (Wildman–Crippen MR) is 67.7 cm³/mol. The van der Waals surface area contributed by atoms with Crippen molar-refractivity contribution in [3.63, 3.8) is 0 Å². The number of hydrogen-bond acceptors (Lipinski definition) is 4. The lowest BCUT2D eigenvalue weighted by molar-refractivity contribution is -0.0256. The molecule has 1 aliphatic rings. The third-order valence-corrected chi connectivity index (χ3v) is 3.38. The molecule has 5 nitrogen and oxygen atoms in total. The summed E-state index contributed by atoms with van der Waals surface area (Å²) in [6, 6.07) is 4.84. The lowest BCUT2D eigenvalue weighted by Gasteiger charge is -2.36. The Balaban J connectivity index is 1.98. The number of fused-ring (bicyclic) bond motifs is 1. The number of nitrogens with one attached hydrogen (secondary N) is 1. The highest BCUT2D eigenvalue weighted by Crippen LogP contribution is 2.36. The standard InChI is InChI=1S/C14H11NO4/c1-2-14(7-4-8-14)19-12(16)9-5-3-6-10-11(9)18-13(17)15-10/h1,3,5-6H,4,7-8H2,(H,15,17). The average molecular weight is 257 g/mol. The van der Waals surface area contributed by atoms with E-state index in [9.17, 15) is 9.59 Å². The van der Waals surface area contributed by atoms with Gasteiger partial charge < -0.3 is 9.15 Å². The molecule has 0 amide bonds. The van der Waals surface area contributed by atoms with Gasteiger partial charge in [-0.15, -0.1) is 6.42 Å². The predicted octanol–water partition coefficient (Wildman–Crippen LogP) is 1.83. The Morgan fingerprint density at radius 2 is 2.26 bits per heavy atom. The molecule has 0 bridgehead atoms. The second-order valence-corrected chi connectivity index (χ2v) is 4.58. The van der Waals surface area contributed by atoms with Crippen LogP contribution in [0.15, 0.2) is 27.4 Å². The van der Waals surface area contributed by atoms with Crippen LogP contribution in [-0.2, 0) is 4.74 Å². The second-order valence-electron chi connectivity index (χ2n) is 4.58. The molecule has 96 valence electrons. The number of terminal acetylenes is 1. The van der Waals surface area contributed by atoms with Gasteiger partial charge in [-0.1, -0.05) is 12.0 Å². The fourth-order valence-corrected chi connectivity index (χ4v) is 2.14. The zero-order valence-corrected chi connectivity index (χ0v) is 10.1. The van der Waals surface area contributed by atoms with Gasteiger partial charge in [0.1, 0.15) is 5.56 Å². The third-order valence-electron chi connectivity index (χ3n) is 3.38. The number of carbonyl (C=O) groups excluding carboxylic acids is 1. The number of rotatable bonds is 2. The minimum absolute atomic E-state index is 0.198. The summed E-state index contributed by atoms with van der Waals surface area (Å²) in [6.45, 7) is 0. The van der Waals surface area contributed by atoms with Gasteiger partial charge >= 0.3 is 11.7 Å². The molecular weight excluding hydrogens is 246 g/mol. The number of oxazole rings is 1. The molecule has 1 aromatic carbocycles. The minimum atomic E-state index is -0.796. The molecule has 1 saturated carbocycles. The fourth-order valence-electron chi connectivity index (χ4n) is 2.14. The first-order valence-electron chi connectivity index (χ1n) is 5.96. The molecule has 1 fully saturated rings. The second kappa shape index (κ2) is 4.02. The van der Waals surface area contributed by atoms with Crippen molar-refractivity contribution in [3.05, 3.63) is 34.3 Å². The van der Waals surface area contributed by atoms with Crippen LogP contribution in [-0.4, -0.2) is 16.6 Å². The van der Waals surface area contributed by atoms with Crippen molar-refractivity contribution in [1.29, 1.82) is 0 Å². The van der Waals surface area contributed by atoms with E-state index in [2.05, 4.69) is 10.9 Å². The van der Waals surface area contributed by atoms with Crippen LogP contribution in [0.3, 0.4) is 0 Å². The summed E-state index contributed by atoms with van der Waals surface area (Å²) in [6.07, 6.45) is 7.69. The van der Waals surface area contributed by atoms with Crippen molar-refractivity contribution in [2.45, 2.75) is 24.9 Å². The molecule has 0 spiro atoms. The lowest BCUT2D eigenvalue weighted by Crippen LogP contribution is -2.40. The van der Waals surface area contributed by atoms with E-state index < -0.39 is 17.3 Å². The SMILES string of the molecule is C#CC1(OC(=O)c2cccc3[nH]c(=O)oc23)CCC1. The number of aromatic amines is 1. The summed E-state index contributed by atoms with van der Waals surface area (Å²) < 4.78 is 10.3. The number of carbonyl (C=O) groups is 1. The quantitative estimate of drug-likeness (QED) is 0.658. The molecule has 0 aliphatic heterocycles. The molecular formula is C14H11NO4. The Morgan fingerprint density at radius 1 is 1.47 bits per heavy atom. The van der Waals surface area contributed by atoms with Crippen LogP contribution in [0.2, 0.25) is 0 Å². The van der Waals surface area contributed by atoms with Crippen LogP contribution in [0, 0.1) is 12.3 Å². The number of H-pyrrole nitrogens is 1. The Bertz CT molecular complexity index is 743. The van der Waals surface area contributed by atoms with E-state index in [0.29, 0.717) is 18.4 Å². The van der Waals surface area contributed by atoms with Crippen LogP contribution >= 0.6 is 0 Å². The van der Waals surface area contributed by atoms with Crippen LogP contribution in [0.1, 0.15) is 29.6 Å². The summed E-state index contributed by atoms with van der Waals surface area (Å²) in [5.74, 6) is 1.36. The number of benzene rings is 1. The van der Waals surface area contributed by atoms with Crippen LogP contribution < -0.4 is 5.76 Å². The third kappa shape index (κ3) is 1.82. The van der Waals surface area contributed by atoms with E-state index in [1.165, 1.54) is 0 Å². The zero-order valence-electron chi connectivity index (χ0n) is 10.1. The maximum atomic E-state index is 12.1. The summed E-state index contributed by atoms with van der Waals surface area (Å²) in [5.41, 5.74) is 0.0692. The first kappa shape index (κ1) is 11.6. The molecule has 1 aromatic heterocycles. The van der Waals surface area contributed by atoms with E-state index in [4.69, 9.17) is 15.6 Å². The fraction of sp³-hybridized carbons (Fsp3) is 0.286. The first-order chi connectivity index (χ1) is 9.13. The van der Waals surface area contributed by atoms with Gasteiger partial charge in [-0.3, -0.25) is 4.98 Å². The van der Waals surface area contributed by atoms with Crippen LogP contribution in [0.25, 0.3) is 11.1 Å². The van der Waals surface area contributed by atoms with Crippen molar-refractivity contribution in [2.24, 2.45) is 0 Å². The smallest absolute Gasteiger partial charge is 0.417 e. The van der Waals surface area contributed by atoms with Crippen molar-refractivity contribution in [2.75, 3.05) is 0 Å². The maximum Gasteiger partial charge on any atom is 0.417 e. The van der Waals surface area contributed by atoms with Crippen molar-refractivity contribution in [3.8, 4) is 12.3 Å². The molecule has 1 N–H and O–H groups in total. The molecule has 0 atom stereocenters. The Labute approximate surface area is 108 Å². The lowest BCUT2D eigenvalue weighted by atomic mass is 9.81. The van der Waals surface area contributed by atoms with Crippen molar-refractivity contribution < 1.29 is 13.9 Å². The van der Waals surface area contributed by atoms with Crippen LogP contribution in [0.4, 0.5) is 0 Å². The Hall–Kier alpha value is -2.48. The van der Waals surface area contributed by atoms with Gasteiger partial charge in [-0.25, -0.2) is 9.59 Å². The largest absolute Gasteiger partial charge is 0.442 e. The highest BCUT2D eigenvalue weighted by molar-refractivity contribution is 6.01. The zero-order chi connectivity index (χ0) is 13.5. The van der Waals surface area contributed by atoms with Crippen molar-refractivity contribution in [1.82, 2.24) is 4.98 Å². The number of esters is 1. The molecule has 19 heavy (non-hydrogen) atoms. The normalized spacial score (nSPS) is 16.6.